The molecule has 2 aromatic rings. The molecule has 0 bridgehead atoms. The number of aryl methyl sites for hydroxylation is 2. The van der Waals surface area contributed by atoms with Gasteiger partial charge in [-0.3, -0.25) is 14.6 Å². The van der Waals surface area contributed by atoms with Gasteiger partial charge in [-0.15, -0.1) is 0 Å². The Bertz CT molecular complexity index is 934. The molecule has 1 N–H and O–H groups in total. The lowest BCUT2D eigenvalue weighted by molar-refractivity contribution is -0.122. The molecule has 1 aliphatic heterocycles. The Labute approximate surface area is 159 Å². The Kier molecular flexibility index (Phi) is 4.52. The normalized spacial score (nSPS) is 18.4. The van der Waals surface area contributed by atoms with Crippen molar-refractivity contribution in [2.45, 2.75) is 33.1 Å². The first-order valence-corrected chi connectivity index (χ1v) is 9.38. The van der Waals surface area contributed by atoms with Gasteiger partial charge in [-0.05, 0) is 68.5 Å². The number of carbonyl (C=O) groups is 2. The summed E-state index contributed by atoms with van der Waals surface area (Å²) in [4.78, 5) is 32.3. The SMILES string of the molecule is Cc1cc2c(cc1C)N(CC(=O)Nc1ccccc1)C(=O)[C@@H]1CCCC1=N2. The van der Waals surface area contributed by atoms with Gasteiger partial charge in [-0.2, -0.15) is 0 Å². The Balaban J connectivity index is 1.68. The molecule has 5 heteroatoms. The molecule has 1 aliphatic carbocycles. The van der Waals surface area contributed by atoms with Gasteiger partial charge in [0.15, 0.2) is 0 Å². The van der Waals surface area contributed by atoms with Crippen LogP contribution in [-0.2, 0) is 9.59 Å². The van der Waals surface area contributed by atoms with Gasteiger partial charge in [0.1, 0.15) is 6.54 Å². The topological polar surface area (TPSA) is 61.8 Å². The second-order valence-corrected chi connectivity index (χ2v) is 7.31. The lowest BCUT2D eigenvalue weighted by atomic mass is 10.0. The average molecular weight is 361 g/mol. The summed E-state index contributed by atoms with van der Waals surface area (Å²) in [5.41, 5.74) is 5.42. The molecule has 4 rings (SSSR count). The zero-order valence-corrected chi connectivity index (χ0v) is 15.7. The van der Waals surface area contributed by atoms with E-state index in [0.717, 1.165) is 53.2 Å². The van der Waals surface area contributed by atoms with Crippen LogP contribution in [-0.4, -0.2) is 24.1 Å². The van der Waals surface area contributed by atoms with E-state index in [2.05, 4.69) is 5.32 Å². The van der Waals surface area contributed by atoms with Crippen molar-refractivity contribution in [3.8, 4) is 0 Å². The summed E-state index contributed by atoms with van der Waals surface area (Å²) in [5.74, 6) is -0.431. The highest BCUT2D eigenvalue weighted by atomic mass is 16.2. The molecule has 0 radical (unpaired) electrons. The van der Waals surface area contributed by atoms with Crippen LogP contribution < -0.4 is 10.2 Å². The molecule has 1 heterocycles. The fourth-order valence-corrected chi connectivity index (χ4v) is 3.81. The molecule has 0 unspecified atom stereocenters. The third kappa shape index (κ3) is 3.37. The summed E-state index contributed by atoms with van der Waals surface area (Å²) in [6.07, 6.45) is 2.63. The predicted octanol–water partition coefficient (Wildman–Crippen LogP) is 4.16. The number of amides is 2. The van der Waals surface area contributed by atoms with Crippen LogP contribution >= 0.6 is 0 Å². The maximum atomic E-state index is 13.2. The van der Waals surface area contributed by atoms with Crippen LogP contribution in [0.25, 0.3) is 0 Å². The lowest BCUT2D eigenvalue weighted by Crippen LogP contribution is -2.41. The molecule has 0 spiro atoms. The van der Waals surface area contributed by atoms with E-state index in [1.807, 2.05) is 56.3 Å². The molecule has 2 aromatic carbocycles. The first-order valence-electron chi connectivity index (χ1n) is 9.38. The van der Waals surface area contributed by atoms with Gasteiger partial charge in [0.2, 0.25) is 11.8 Å². The van der Waals surface area contributed by atoms with Crippen molar-refractivity contribution in [1.82, 2.24) is 0 Å². The Morgan fingerprint density at radius 3 is 2.70 bits per heavy atom. The highest BCUT2D eigenvalue weighted by Crippen LogP contribution is 2.39. The highest BCUT2D eigenvalue weighted by molar-refractivity contribution is 6.16. The molecule has 27 heavy (non-hydrogen) atoms. The van der Waals surface area contributed by atoms with Crippen molar-refractivity contribution in [3.05, 3.63) is 53.6 Å². The molecule has 0 aromatic heterocycles. The number of nitrogens with one attached hydrogen (secondary N) is 1. The van der Waals surface area contributed by atoms with Crippen LogP contribution in [0, 0.1) is 19.8 Å². The van der Waals surface area contributed by atoms with Crippen LogP contribution in [0.3, 0.4) is 0 Å². The average Bonchev–Trinajstić information content (AvgIpc) is 3.08. The van der Waals surface area contributed by atoms with Gasteiger partial charge in [0.25, 0.3) is 0 Å². The van der Waals surface area contributed by atoms with Gasteiger partial charge in [0, 0.05) is 11.4 Å². The summed E-state index contributed by atoms with van der Waals surface area (Å²) in [7, 11) is 0. The van der Waals surface area contributed by atoms with Crippen molar-refractivity contribution in [2.24, 2.45) is 10.9 Å². The second kappa shape index (κ2) is 6.99. The molecule has 1 saturated carbocycles. The van der Waals surface area contributed by atoms with E-state index in [4.69, 9.17) is 4.99 Å². The lowest BCUT2D eigenvalue weighted by Gasteiger charge is -2.25. The predicted molar refractivity (Wildman–Crippen MR) is 108 cm³/mol. The van der Waals surface area contributed by atoms with Gasteiger partial charge in [0.05, 0.1) is 17.3 Å². The second-order valence-electron chi connectivity index (χ2n) is 7.31. The molecule has 1 atom stereocenters. The summed E-state index contributed by atoms with van der Waals surface area (Å²) in [5, 5.41) is 2.88. The number of benzene rings is 2. The van der Waals surface area contributed by atoms with E-state index in [1.54, 1.807) is 4.90 Å². The van der Waals surface area contributed by atoms with Crippen molar-refractivity contribution < 1.29 is 9.59 Å². The zero-order valence-electron chi connectivity index (χ0n) is 15.7. The number of hydrogen-bond donors (Lipinski definition) is 1. The van der Waals surface area contributed by atoms with Gasteiger partial charge in [-0.25, -0.2) is 0 Å². The molecular weight excluding hydrogens is 338 g/mol. The van der Waals surface area contributed by atoms with E-state index in [-0.39, 0.29) is 24.3 Å². The largest absolute Gasteiger partial charge is 0.325 e. The molecule has 138 valence electrons. The molecule has 5 nitrogen and oxygen atoms in total. The van der Waals surface area contributed by atoms with E-state index in [0.29, 0.717) is 0 Å². The van der Waals surface area contributed by atoms with Gasteiger partial charge in [-0.1, -0.05) is 18.2 Å². The van der Waals surface area contributed by atoms with E-state index >= 15 is 0 Å². The fraction of sp³-hybridized carbons (Fsp3) is 0.318. The number of hydrogen-bond acceptors (Lipinski definition) is 3. The van der Waals surface area contributed by atoms with E-state index in [1.165, 1.54) is 0 Å². The number of carbonyl (C=O) groups excluding carboxylic acids is 2. The first-order chi connectivity index (χ1) is 13.0. The minimum Gasteiger partial charge on any atom is -0.325 e. The van der Waals surface area contributed by atoms with Crippen LogP contribution in [0.1, 0.15) is 30.4 Å². The van der Waals surface area contributed by atoms with Crippen molar-refractivity contribution in [2.75, 3.05) is 16.8 Å². The summed E-state index contributed by atoms with van der Waals surface area (Å²) in [6, 6.07) is 13.3. The number of rotatable bonds is 3. The number of aliphatic imine (C=N–C) groups is 1. The number of para-hydroxylation sites is 1. The molecule has 2 amide bonds. The summed E-state index contributed by atoms with van der Waals surface area (Å²) in [6.45, 7) is 4.05. The van der Waals surface area contributed by atoms with E-state index in [9.17, 15) is 9.59 Å². The van der Waals surface area contributed by atoms with Crippen molar-refractivity contribution in [1.29, 1.82) is 0 Å². The molecular formula is C22H23N3O2. The minimum absolute atomic E-state index is 0.0114. The maximum absolute atomic E-state index is 13.2. The summed E-state index contributed by atoms with van der Waals surface area (Å²) < 4.78 is 0. The Morgan fingerprint density at radius 2 is 1.93 bits per heavy atom. The monoisotopic (exact) mass is 361 g/mol. The van der Waals surface area contributed by atoms with Crippen molar-refractivity contribution in [3.63, 3.8) is 0 Å². The smallest absolute Gasteiger partial charge is 0.244 e. The number of nitrogens with zero attached hydrogens (tertiary/aromatic N) is 2. The third-order valence-electron chi connectivity index (χ3n) is 5.40. The summed E-state index contributed by atoms with van der Waals surface area (Å²) >= 11 is 0. The van der Waals surface area contributed by atoms with Crippen LogP contribution in [0.2, 0.25) is 0 Å². The van der Waals surface area contributed by atoms with Crippen LogP contribution in [0.15, 0.2) is 47.5 Å². The van der Waals surface area contributed by atoms with Crippen molar-refractivity contribution >= 4 is 34.6 Å². The van der Waals surface area contributed by atoms with E-state index < -0.39 is 0 Å². The zero-order chi connectivity index (χ0) is 19.0. The first kappa shape index (κ1) is 17.5. The van der Waals surface area contributed by atoms with Crippen LogP contribution in [0.4, 0.5) is 17.1 Å². The Hall–Kier alpha value is -2.95. The Morgan fingerprint density at radius 1 is 1.19 bits per heavy atom. The minimum atomic E-state index is -0.208. The quantitative estimate of drug-likeness (QED) is 0.892. The van der Waals surface area contributed by atoms with Gasteiger partial charge < -0.3 is 10.2 Å². The number of anilines is 2. The highest BCUT2D eigenvalue weighted by Gasteiger charge is 2.37. The fourth-order valence-electron chi connectivity index (χ4n) is 3.81. The standard InChI is InChI=1S/C22H23N3O2/c1-14-11-19-20(12-15(14)2)25(22(27)17-9-6-10-18(17)24-19)13-21(26)23-16-7-4-3-5-8-16/h3-5,7-8,11-12,17H,6,9-10,13H2,1-2H3,(H,23,26)/t17-/m1/s1. The third-order valence-corrected chi connectivity index (χ3v) is 5.40. The molecule has 2 aliphatic rings. The molecule has 0 saturated heterocycles. The van der Waals surface area contributed by atoms with Gasteiger partial charge >= 0.3 is 0 Å². The maximum Gasteiger partial charge on any atom is 0.244 e. The number of fused-ring (bicyclic) bond motifs is 2. The molecule has 1 fully saturated rings. The van der Waals surface area contributed by atoms with Crippen LogP contribution in [0.5, 0.6) is 0 Å².